The summed E-state index contributed by atoms with van der Waals surface area (Å²) in [6.07, 6.45) is 3.96. The Hall–Kier alpha value is -3.63. The number of fused-ring (bicyclic) bond motifs is 1. The van der Waals surface area contributed by atoms with Gasteiger partial charge >= 0.3 is 0 Å². The molecular formula is C27H28N2O6S2. The molecule has 0 aliphatic rings. The van der Waals surface area contributed by atoms with Gasteiger partial charge in [0.1, 0.15) is 0 Å². The van der Waals surface area contributed by atoms with Crippen LogP contribution in [-0.4, -0.2) is 48.1 Å². The summed E-state index contributed by atoms with van der Waals surface area (Å²) in [7, 11) is 2.33. The molecule has 37 heavy (non-hydrogen) atoms. The standard InChI is InChI=1S/C27H28N2O6S2/c1-32-24-13-17-10-11-28-23(21(17)15-26(24)34-3)12-18-14-25(33-2)27(35-4)16-22(18)29-37(30,31)20-8-6-19(36-5)7-9-20/h6-11,13-16,29H,12H2,1-5H3. The van der Waals surface area contributed by atoms with Crippen LogP contribution in [0, 0.1) is 0 Å². The average Bonchev–Trinajstić information content (AvgIpc) is 2.92. The van der Waals surface area contributed by atoms with Crippen molar-refractivity contribution in [2.75, 3.05) is 39.4 Å². The molecule has 0 atom stereocenters. The van der Waals surface area contributed by atoms with Gasteiger partial charge in [-0.2, -0.15) is 0 Å². The molecule has 194 valence electrons. The summed E-state index contributed by atoms with van der Waals surface area (Å²) in [6, 6.07) is 15.7. The van der Waals surface area contributed by atoms with Crippen molar-refractivity contribution >= 4 is 38.2 Å². The zero-order valence-corrected chi connectivity index (χ0v) is 22.8. The summed E-state index contributed by atoms with van der Waals surface area (Å²) in [6.45, 7) is 0. The van der Waals surface area contributed by atoms with Gasteiger partial charge in [-0.25, -0.2) is 8.42 Å². The number of nitrogens with one attached hydrogen (secondary N) is 1. The molecule has 0 bridgehead atoms. The lowest BCUT2D eigenvalue weighted by Crippen LogP contribution is -2.15. The normalized spacial score (nSPS) is 11.3. The monoisotopic (exact) mass is 540 g/mol. The lowest BCUT2D eigenvalue weighted by Gasteiger charge is -2.17. The minimum atomic E-state index is -3.87. The van der Waals surface area contributed by atoms with E-state index in [0.29, 0.717) is 40.7 Å². The first-order valence-corrected chi connectivity index (χ1v) is 14.0. The number of pyridine rings is 1. The maximum Gasteiger partial charge on any atom is 0.261 e. The number of methoxy groups -OCH3 is 4. The van der Waals surface area contributed by atoms with E-state index in [1.807, 2.05) is 24.5 Å². The number of hydrogen-bond donors (Lipinski definition) is 1. The van der Waals surface area contributed by atoms with Gasteiger partial charge in [-0.05, 0) is 65.7 Å². The van der Waals surface area contributed by atoms with Crippen LogP contribution in [0.1, 0.15) is 11.3 Å². The molecule has 10 heteroatoms. The number of aromatic nitrogens is 1. The second-order valence-electron chi connectivity index (χ2n) is 8.01. The Balaban J connectivity index is 1.81. The Morgan fingerprint density at radius 3 is 2.03 bits per heavy atom. The SMILES string of the molecule is COc1cc(Cc2nccc3cc(OC)c(OC)cc23)c(NS(=O)(=O)c2ccc(SC)cc2)cc1OC. The Kier molecular flexibility index (Phi) is 7.99. The third-order valence-corrected chi connectivity index (χ3v) is 8.06. The van der Waals surface area contributed by atoms with Crippen molar-refractivity contribution in [1.29, 1.82) is 0 Å². The third-order valence-electron chi connectivity index (χ3n) is 5.93. The largest absolute Gasteiger partial charge is 0.493 e. The third kappa shape index (κ3) is 5.55. The van der Waals surface area contributed by atoms with E-state index < -0.39 is 10.0 Å². The summed E-state index contributed by atoms with van der Waals surface area (Å²) < 4.78 is 51.2. The molecule has 0 amide bonds. The highest BCUT2D eigenvalue weighted by Crippen LogP contribution is 2.38. The van der Waals surface area contributed by atoms with Gasteiger partial charge < -0.3 is 18.9 Å². The lowest BCUT2D eigenvalue weighted by molar-refractivity contribution is 0.355. The molecule has 1 aromatic heterocycles. The van der Waals surface area contributed by atoms with Crippen LogP contribution in [0.4, 0.5) is 5.69 Å². The van der Waals surface area contributed by atoms with Crippen LogP contribution in [0.25, 0.3) is 10.8 Å². The molecule has 4 rings (SSSR count). The number of benzene rings is 3. The van der Waals surface area contributed by atoms with Crippen molar-refractivity contribution in [3.8, 4) is 23.0 Å². The van der Waals surface area contributed by atoms with Crippen LogP contribution in [0.5, 0.6) is 23.0 Å². The van der Waals surface area contributed by atoms with E-state index in [1.165, 1.54) is 14.2 Å². The minimum absolute atomic E-state index is 0.158. The summed E-state index contributed by atoms with van der Waals surface area (Å²) in [4.78, 5) is 5.73. The highest BCUT2D eigenvalue weighted by molar-refractivity contribution is 7.98. The molecule has 0 spiro atoms. The molecule has 1 N–H and O–H groups in total. The Bertz CT molecular complexity index is 1520. The first kappa shape index (κ1) is 26.4. The van der Waals surface area contributed by atoms with Crippen molar-refractivity contribution in [2.24, 2.45) is 0 Å². The number of nitrogens with zero attached hydrogens (tertiary/aromatic N) is 1. The van der Waals surface area contributed by atoms with Gasteiger partial charge in [-0.3, -0.25) is 9.71 Å². The Morgan fingerprint density at radius 2 is 1.41 bits per heavy atom. The van der Waals surface area contributed by atoms with E-state index in [2.05, 4.69) is 9.71 Å². The van der Waals surface area contributed by atoms with Gasteiger partial charge in [0, 0.05) is 29.0 Å². The Labute approximate surface area is 221 Å². The fourth-order valence-corrected chi connectivity index (χ4v) is 5.50. The van der Waals surface area contributed by atoms with Crippen LogP contribution >= 0.6 is 11.8 Å². The van der Waals surface area contributed by atoms with Crippen molar-refractivity contribution in [2.45, 2.75) is 16.2 Å². The van der Waals surface area contributed by atoms with Crippen molar-refractivity contribution in [3.05, 3.63) is 72.1 Å². The number of anilines is 1. The molecule has 0 aliphatic carbocycles. The van der Waals surface area contributed by atoms with Gasteiger partial charge in [-0.1, -0.05) is 0 Å². The molecule has 8 nitrogen and oxygen atoms in total. The highest BCUT2D eigenvalue weighted by Gasteiger charge is 2.20. The van der Waals surface area contributed by atoms with Crippen LogP contribution in [0.2, 0.25) is 0 Å². The van der Waals surface area contributed by atoms with E-state index in [4.69, 9.17) is 18.9 Å². The smallest absolute Gasteiger partial charge is 0.261 e. The van der Waals surface area contributed by atoms with E-state index in [-0.39, 0.29) is 4.90 Å². The van der Waals surface area contributed by atoms with Crippen molar-refractivity contribution in [3.63, 3.8) is 0 Å². The highest BCUT2D eigenvalue weighted by atomic mass is 32.2. The lowest BCUT2D eigenvalue weighted by atomic mass is 10.0. The summed E-state index contributed by atoms with van der Waals surface area (Å²) in [5, 5.41) is 1.77. The number of ether oxygens (including phenoxy) is 4. The first-order chi connectivity index (χ1) is 17.8. The molecule has 0 aliphatic heterocycles. The van der Waals surface area contributed by atoms with Gasteiger partial charge in [0.25, 0.3) is 10.0 Å². The van der Waals surface area contributed by atoms with Crippen LogP contribution in [0.3, 0.4) is 0 Å². The fourth-order valence-electron chi connectivity index (χ4n) is 4.00. The van der Waals surface area contributed by atoms with E-state index in [9.17, 15) is 8.42 Å². The molecule has 0 saturated heterocycles. The number of thioether (sulfide) groups is 1. The minimum Gasteiger partial charge on any atom is -0.493 e. The van der Waals surface area contributed by atoms with Crippen LogP contribution in [0.15, 0.2) is 70.6 Å². The predicted octanol–water partition coefficient (Wildman–Crippen LogP) is 5.38. The average molecular weight is 541 g/mol. The molecule has 4 aromatic rings. The molecular weight excluding hydrogens is 512 g/mol. The molecule has 0 fully saturated rings. The summed E-state index contributed by atoms with van der Waals surface area (Å²) in [5.41, 5.74) is 1.76. The zero-order chi connectivity index (χ0) is 26.6. The summed E-state index contributed by atoms with van der Waals surface area (Å²) in [5.74, 6) is 2.06. The number of sulfonamides is 1. The second kappa shape index (κ2) is 11.2. The van der Waals surface area contributed by atoms with Crippen LogP contribution in [-0.2, 0) is 16.4 Å². The van der Waals surface area contributed by atoms with Crippen molar-refractivity contribution in [1.82, 2.24) is 4.98 Å². The van der Waals surface area contributed by atoms with Gasteiger partial charge in [-0.15, -0.1) is 11.8 Å². The van der Waals surface area contributed by atoms with Crippen molar-refractivity contribution < 1.29 is 27.4 Å². The second-order valence-corrected chi connectivity index (χ2v) is 10.6. The van der Waals surface area contributed by atoms with E-state index in [1.54, 1.807) is 68.6 Å². The van der Waals surface area contributed by atoms with E-state index >= 15 is 0 Å². The van der Waals surface area contributed by atoms with Gasteiger partial charge in [0.05, 0.1) is 44.7 Å². The summed E-state index contributed by atoms with van der Waals surface area (Å²) >= 11 is 1.54. The topological polar surface area (TPSA) is 96.0 Å². The molecule has 3 aromatic carbocycles. The maximum atomic E-state index is 13.3. The van der Waals surface area contributed by atoms with Crippen LogP contribution < -0.4 is 23.7 Å². The first-order valence-electron chi connectivity index (χ1n) is 11.2. The predicted molar refractivity (Wildman–Crippen MR) is 146 cm³/mol. The molecule has 1 heterocycles. The zero-order valence-electron chi connectivity index (χ0n) is 21.2. The quantitative estimate of drug-likeness (QED) is 0.268. The van der Waals surface area contributed by atoms with E-state index in [0.717, 1.165) is 21.4 Å². The number of hydrogen-bond acceptors (Lipinski definition) is 8. The molecule has 0 unspecified atom stereocenters. The molecule has 0 saturated carbocycles. The maximum absolute atomic E-state index is 13.3. The van der Waals surface area contributed by atoms with Gasteiger partial charge in [0.15, 0.2) is 23.0 Å². The fraction of sp³-hybridized carbons (Fsp3) is 0.222. The Morgan fingerprint density at radius 1 is 0.811 bits per heavy atom. The number of rotatable bonds is 10. The van der Waals surface area contributed by atoms with Gasteiger partial charge in [0.2, 0.25) is 0 Å². The molecule has 0 radical (unpaired) electrons.